The number of nitrogens with one attached hydrogen (secondary N) is 2. The third-order valence-electron chi connectivity index (χ3n) is 6.07. The number of hydrogen-bond acceptors (Lipinski definition) is 10. The molecule has 2 N–H and O–H groups in total. The van der Waals surface area contributed by atoms with Crippen LogP contribution in [-0.2, 0) is 16.1 Å². The van der Waals surface area contributed by atoms with E-state index in [-0.39, 0.29) is 24.2 Å². The van der Waals surface area contributed by atoms with Crippen molar-refractivity contribution in [3.05, 3.63) is 42.7 Å². The van der Waals surface area contributed by atoms with Gasteiger partial charge in [0.05, 0.1) is 17.9 Å². The lowest BCUT2D eigenvalue weighted by atomic mass is 10.2. The molecular weight excluding hydrogens is 464 g/mol. The van der Waals surface area contributed by atoms with Gasteiger partial charge in [-0.2, -0.15) is 4.98 Å². The third-order valence-corrected chi connectivity index (χ3v) is 6.96. The molecule has 11 heteroatoms. The lowest BCUT2D eigenvalue weighted by Crippen LogP contribution is -2.45. The van der Waals surface area contributed by atoms with Gasteiger partial charge in [0.15, 0.2) is 5.13 Å². The third kappa shape index (κ3) is 5.75. The van der Waals surface area contributed by atoms with Gasteiger partial charge in [0, 0.05) is 51.0 Å². The largest absolute Gasteiger partial charge is 0.373 e. The first kappa shape index (κ1) is 23.6. The summed E-state index contributed by atoms with van der Waals surface area (Å²) < 4.78 is 5.89. The Labute approximate surface area is 208 Å². The van der Waals surface area contributed by atoms with Crippen LogP contribution in [0.2, 0.25) is 0 Å². The minimum Gasteiger partial charge on any atom is -0.373 e. The summed E-state index contributed by atoms with van der Waals surface area (Å²) in [5.74, 6) is 1.16. The first-order valence-electron chi connectivity index (χ1n) is 11.9. The van der Waals surface area contributed by atoms with Crippen molar-refractivity contribution in [3.8, 4) is 0 Å². The van der Waals surface area contributed by atoms with Gasteiger partial charge < -0.3 is 20.3 Å². The second-order valence-electron chi connectivity index (χ2n) is 9.11. The Kier molecular flexibility index (Phi) is 6.89. The molecule has 0 spiro atoms. The molecule has 2 fully saturated rings. The van der Waals surface area contributed by atoms with Crippen LogP contribution in [0.4, 0.5) is 16.9 Å². The standard InChI is InChI=1S/C24H30N8O2S/c1-4-21(33)32-9-7-17(14-32)26-23-27-18(13-31-11-15(2)34-16(3)12-31)10-20(29-23)30-24-28-19-6-5-8-25-22(19)35-24/h4-6,8,10,15-17H,1,7,9,11-14H2,2-3H3,(H2,26,27,28,29,30). The Morgan fingerprint density at radius 1 is 1.26 bits per heavy atom. The van der Waals surface area contributed by atoms with Crippen LogP contribution in [0.1, 0.15) is 26.0 Å². The Morgan fingerprint density at radius 2 is 2.09 bits per heavy atom. The van der Waals surface area contributed by atoms with Crippen LogP contribution < -0.4 is 10.6 Å². The van der Waals surface area contributed by atoms with Crippen molar-refractivity contribution in [2.75, 3.05) is 36.8 Å². The predicted molar refractivity (Wildman–Crippen MR) is 137 cm³/mol. The molecule has 0 bridgehead atoms. The maximum Gasteiger partial charge on any atom is 0.246 e. The molecule has 184 valence electrons. The van der Waals surface area contributed by atoms with Crippen LogP contribution in [-0.4, -0.2) is 80.1 Å². The highest BCUT2D eigenvalue weighted by Crippen LogP contribution is 2.27. The van der Waals surface area contributed by atoms with E-state index in [0.29, 0.717) is 31.4 Å². The number of likely N-dealkylation sites (tertiary alicyclic amines) is 1. The molecule has 35 heavy (non-hydrogen) atoms. The van der Waals surface area contributed by atoms with Crippen LogP contribution in [0.3, 0.4) is 0 Å². The van der Waals surface area contributed by atoms with Crippen molar-refractivity contribution >= 4 is 44.5 Å². The minimum atomic E-state index is -0.0497. The summed E-state index contributed by atoms with van der Waals surface area (Å²) in [6, 6.07) is 5.87. The number of anilines is 3. The Morgan fingerprint density at radius 3 is 2.86 bits per heavy atom. The lowest BCUT2D eigenvalue weighted by molar-refractivity contribution is -0.125. The average Bonchev–Trinajstić information content (AvgIpc) is 3.44. The topological polar surface area (TPSA) is 108 Å². The molecule has 5 heterocycles. The van der Waals surface area contributed by atoms with Gasteiger partial charge in [-0.1, -0.05) is 17.9 Å². The summed E-state index contributed by atoms with van der Waals surface area (Å²) >= 11 is 1.48. The number of thiazole rings is 1. The van der Waals surface area contributed by atoms with Crippen molar-refractivity contribution in [1.29, 1.82) is 0 Å². The highest BCUT2D eigenvalue weighted by atomic mass is 32.1. The van der Waals surface area contributed by atoms with Crippen molar-refractivity contribution in [1.82, 2.24) is 29.7 Å². The Hall–Kier alpha value is -3.15. The zero-order valence-electron chi connectivity index (χ0n) is 20.0. The molecule has 3 aromatic heterocycles. The van der Waals surface area contributed by atoms with Crippen LogP contribution in [0.5, 0.6) is 0 Å². The summed E-state index contributed by atoms with van der Waals surface area (Å²) in [7, 11) is 0. The number of carbonyl (C=O) groups excluding carboxylic acids is 1. The molecule has 3 unspecified atom stereocenters. The monoisotopic (exact) mass is 494 g/mol. The second-order valence-corrected chi connectivity index (χ2v) is 10.1. The second kappa shape index (κ2) is 10.2. The minimum absolute atomic E-state index is 0.0497. The van der Waals surface area contributed by atoms with Gasteiger partial charge in [0.25, 0.3) is 0 Å². The summed E-state index contributed by atoms with van der Waals surface area (Å²) in [6.07, 6.45) is 4.31. The van der Waals surface area contributed by atoms with E-state index in [1.165, 1.54) is 17.4 Å². The lowest BCUT2D eigenvalue weighted by Gasteiger charge is -2.35. The van der Waals surface area contributed by atoms with Crippen molar-refractivity contribution in [2.24, 2.45) is 0 Å². The van der Waals surface area contributed by atoms with E-state index >= 15 is 0 Å². The summed E-state index contributed by atoms with van der Waals surface area (Å²) in [5, 5.41) is 7.51. The highest BCUT2D eigenvalue weighted by Gasteiger charge is 2.26. The fourth-order valence-electron chi connectivity index (χ4n) is 4.67. The molecule has 5 rings (SSSR count). The molecule has 3 atom stereocenters. The van der Waals surface area contributed by atoms with Crippen LogP contribution in [0, 0.1) is 0 Å². The van der Waals surface area contributed by atoms with Gasteiger partial charge >= 0.3 is 0 Å². The van der Waals surface area contributed by atoms with Crippen LogP contribution in [0.15, 0.2) is 37.1 Å². The average molecular weight is 495 g/mol. The maximum absolute atomic E-state index is 12.0. The van der Waals surface area contributed by atoms with E-state index in [1.54, 1.807) is 11.1 Å². The van der Waals surface area contributed by atoms with Gasteiger partial charge in [0.2, 0.25) is 11.9 Å². The summed E-state index contributed by atoms with van der Waals surface area (Å²) in [5.41, 5.74) is 1.75. The number of ether oxygens (including phenoxy) is 1. The van der Waals surface area contributed by atoms with E-state index in [4.69, 9.17) is 14.7 Å². The fraction of sp³-hybridized carbons (Fsp3) is 0.458. The van der Waals surface area contributed by atoms with Crippen molar-refractivity contribution < 1.29 is 9.53 Å². The molecule has 3 aromatic rings. The SMILES string of the molecule is C=CC(=O)N1CCC(Nc2nc(CN3CC(C)OC(C)C3)cc(Nc3nc4cccnc4s3)n2)C1. The first-order chi connectivity index (χ1) is 16.9. The number of hydrogen-bond donors (Lipinski definition) is 2. The molecule has 0 aliphatic carbocycles. The molecule has 2 aliphatic rings. The van der Waals surface area contributed by atoms with Gasteiger partial charge in [-0.05, 0) is 38.5 Å². The zero-order valence-corrected chi connectivity index (χ0v) is 20.8. The number of pyridine rings is 1. The zero-order chi connectivity index (χ0) is 24.4. The number of nitrogens with zero attached hydrogens (tertiary/aromatic N) is 6. The quantitative estimate of drug-likeness (QED) is 0.479. The smallest absolute Gasteiger partial charge is 0.246 e. The van der Waals surface area contributed by atoms with E-state index in [9.17, 15) is 4.79 Å². The van der Waals surface area contributed by atoms with E-state index in [2.05, 4.69) is 45.9 Å². The van der Waals surface area contributed by atoms with Gasteiger partial charge in [-0.15, -0.1) is 0 Å². The molecule has 2 saturated heterocycles. The summed E-state index contributed by atoms with van der Waals surface area (Å²) in [6.45, 7) is 11.5. The molecule has 10 nitrogen and oxygen atoms in total. The van der Waals surface area contributed by atoms with E-state index in [1.807, 2.05) is 18.2 Å². The van der Waals surface area contributed by atoms with Crippen molar-refractivity contribution in [3.63, 3.8) is 0 Å². The van der Waals surface area contributed by atoms with Crippen LogP contribution >= 0.6 is 11.3 Å². The molecule has 2 aliphatic heterocycles. The number of aromatic nitrogens is 4. The molecule has 0 radical (unpaired) electrons. The molecule has 0 saturated carbocycles. The number of morpholine rings is 1. The fourth-order valence-corrected chi connectivity index (χ4v) is 5.49. The van der Waals surface area contributed by atoms with Gasteiger partial charge in [-0.25, -0.2) is 15.0 Å². The number of carbonyl (C=O) groups is 1. The Balaban J connectivity index is 1.37. The predicted octanol–water partition coefficient (Wildman–Crippen LogP) is 3.03. The molecule has 1 amide bonds. The highest BCUT2D eigenvalue weighted by molar-refractivity contribution is 7.21. The van der Waals surface area contributed by atoms with Gasteiger partial charge in [-0.3, -0.25) is 9.69 Å². The number of fused-ring (bicyclic) bond motifs is 1. The van der Waals surface area contributed by atoms with Crippen LogP contribution in [0.25, 0.3) is 10.3 Å². The molecular formula is C24H30N8O2S. The first-order valence-corrected chi connectivity index (χ1v) is 12.7. The number of rotatable bonds is 7. The molecule has 0 aromatic carbocycles. The number of amides is 1. The van der Waals surface area contributed by atoms with Gasteiger partial charge in [0.1, 0.15) is 16.2 Å². The van der Waals surface area contributed by atoms with E-state index in [0.717, 1.165) is 40.7 Å². The maximum atomic E-state index is 12.0. The normalized spacial score (nSPS) is 22.9. The summed E-state index contributed by atoms with van der Waals surface area (Å²) in [4.78, 5) is 35.6. The van der Waals surface area contributed by atoms with Crippen molar-refractivity contribution in [2.45, 2.75) is 45.1 Å². The Bertz CT molecular complexity index is 1170. The van der Waals surface area contributed by atoms with E-state index < -0.39 is 0 Å².